The molecule has 1 aromatic heterocycles. The minimum atomic E-state index is -0.539. The number of aromatic nitrogens is 1. The average molecular weight is 518 g/mol. The smallest absolute Gasteiger partial charge is 0.356 e. The summed E-state index contributed by atoms with van der Waals surface area (Å²) in [5.74, 6) is -0.978. The van der Waals surface area contributed by atoms with Crippen molar-refractivity contribution in [3.63, 3.8) is 0 Å². The zero-order valence-corrected chi connectivity index (χ0v) is 21.7. The Morgan fingerprint density at radius 3 is 2.39 bits per heavy atom. The predicted molar refractivity (Wildman–Crippen MR) is 142 cm³/mol. The van der Waals surface area contributed by atoms with Gasteiger partial charge in [-0.1, -0.05) is 31.2 Å². The lowest BCUT2D eigenvalue weighted by Gasteiger charge is -2.32. The first kappa shape index (κ1) is 27.0. The van der Waals surface area contributed by atoms with Crippen molar-refractivity contribution >= 4 is 23.5 Å². The number of amides is 2. The van der Waals surface area contributed by atoms with E-state index < -0.39 is 5.97 Å². The third-order valence-corrected chi connectivity index (χ3v) is 6.83. The summed E-state index contributed by atoms with van der Waals surface area (Å²) in [6, 6.07) is 17.2. The molecule has 1 aliphatic heterocycles. The third-order valence-electron chi connectivity index (χ3n) is 6.83. The van der Waals surface area contributed by atoms with Gasteiger partial charge in [0.15, 0.2) is 0 Å². The molecule has 0 bridgehead atoms. The fourth-order valence-corrected chi connectivity index (χ4v) is 4.65. The first-order chi connectivity index (χ1) is 18.3. The second-order valence-electron chi connectivity index (χ2n) is 9.56. The number of nitrogens with zero attached hydrogens (tertiary/aromatic N) is 2. The van der Waals surface area contributed by atoms with Crippen LogP contribution in [0, 0.1) is 11.7 Å². The Balaban J connectivity index is 1.28. The monoisotopic (exact) mass is 517 g/mol. The Bertz CT molecular complexity index is 1270. The minimum Gasteiger partial charge on any atom is -0.461 e. The van der Waals surface area contributed by atoms with Crippen LogP contribution in [0.1, 0.15) is 64.6 Å². The lowest BCUT2D eigenvalue weighted by Crippen LogP contribution is -2.38. The van der Waals surface area contributed by atoms with Gasteiger partial charge in [-0.2, -0.15) is 0 Å². The first-order valence-corrected chi connectivity index (χ1v) is 12.9. The number of halogens is 1. The van der Waals surface area contributed by atoms with Crippen LogP contribution in [0.15, 0.2) is 66.9 Å². The molecule has 38 heavy (non-hydrogen) atoms. The summed E-state index contributed by atoms with van der Waals surface area (Å²) in [5.41, 5.74) is 3.37. The van der Waals surface area contributed by atoms with Crippen LogP contribution in [0.3, 0.4) is 0 Å². The van der Waals surface area contributed by atoms with Crippen LogP contribution in [0.4, 0.5) is 10.1 Å². The van der Waals surface area contributed by atoms with Gasteiger partial charge in [0.05, 0.1) is 6.61 Å². The summed E-state index contributed by atoms with van der Waals surface area (Å²) >= 11 is 0. The molecule has 1 aliphatic rings. The van der Waals surface area contributed by atoms with Gasteiger partial charge >= 0.3 is 5.97 Å². The van der Waals surface area contributed by atoms with Gasteiger partial charge < -0.3 is 15.0 Å². The molecule has 0 saturated carbocycles. The molecule has 2 heterocycles. The Labute approximate surface area is 222 Å². The van der Waals surface area contributed by atoms with Crippen molar-refractivity contribution in [2.45, 2.75) is 39.0 Å². The van der Waals surface area contributed by atoms with E-state index in [2.05, 4.69) is 10.3 Å². The van der Waals surface area contributed by atoms with E-state index >= 15 is 0 Å². The summed E-state index contributed by atoms with van der Waals surface area (Å²) in [7, 11) is 0. The summed E-state index contributed by atoms with van der Waals surface area (Å²) in [6.45, 7) is 5.04. The van der Waals surface area contributed by atoms with Crippen LogP contribution in [0.25, 0.3) is 0 Å². The molecular formula is C30H32FN3O4. The number of carbonyl (C=O) groups is 3. The van der Waals surface area contributed by atoms with Crippen LogP contribution >= 0.6 is 0 Å². The van der Waals surface area contributed by atoms with Crippen molar-refractivity contribution in [1.29, 1.82) is 0 Å². The van der Waals surface area contributed by atoms with E-state index in [4.69, 9.17) is 4.74 Å². The van der Waals surface area contributed by atoms with E-state index in [1.807, 2.05) is 31.2 Å². The van der Waals surface area contributed by atoms with Crippen LogP contribution in [-0.2, 0) is 16.0 Å². The number of hydrogen-bond acceptors (Lipinski definition) is 5. The maximum absolute atomic E-state index is 13.1. The lowest BCUT2D eigenvalue weighted by atomic mass is 9.89. The lowest BCUT2D eigenvalue weighted by molar-refractivity contribution is -0.119. The van der Waals surface area contributed by atoms with Crippen molar-refractivity contribution < 1.29 is 23.5 Å². The number of rotatable bonds is 8. The van der Waals surface area contributed by atoms with Gasteiger partial charge in [-0.25, -0.2) is 14.2 Å². The van der Waals surface area contributed by atoms with Gasteiger partial charge in [0.2, 0.25) is 5.91 Å². The second kappa shape index (κ2) is 12.4. The van der Waals surface area contributed by atoms with Crippen molar-refractivity contribution in [3.8, 4) is 0 Å². The van der Waals surface area contributed by atoms with E-state index in [1.54, 1.807) is 30.0 Å². The highest BCUT2D eigenvalue weighted by Crippen LogP contribution is 2.29. The molecule has 0 radical (unpaired) electrons. The molecule has 4 rings (SSSR count). The van der Waals surface area contributed by atoms with Gasteiger partial charge in [0, 0.05) is 36.5 Å². The number of pyridine rings is 1. The highest BCUT2D eigenvalue weighted by Gasteiger charge is 2.25. The van der Waals surface area contributed by atoms with Gasteiger partial charge in [-0.3, -0.25) is 9.59 Å². The van der Waals surface area contributed by atoms with Crippen LogP contribution in [0.5, 0.6) is 0 Å². The van der Waals surface area contributed by atoms with E-state index in [0.29, 0.717) is 31.0 Å². The number of benzene rings is 2. The number of esters is 1. The molecule has 2 aromatic carbocycles. The number of ether oxygens (including phenoxy) is 1. The van der Waals surface area contributed by atoms with E-state index in [9.17, 15) is 18.8 Å². The van der Waals surface area contributed by atoms with Gasteiger partial charge in [0.1, 0.15) is 11.5 Å². The Hall–Kier alpha value is -4.07. The third kappa shape index (κ3) is 6.82. The van der Waals surface area contributed by atoms with Crippen molar-refractivity contribution in [2.75, 3.05) is 25.0 Å². The minimum absolute atomic E-state index is 0.0869. The quantitative estimate of drug-likeness (QED) is 0.413. The second-order valence-corrected chi connectivity index (χ2v) is 9.56. The zero-order valence-electron chi connectivity index (χ0n) is 21.7. The molecule has 0 spiro atoms. The molecule has 0 aliphatic carbocycles. The topological polar surface area (TPSA) is 88.6 Å². The van der Waals surface area contributed by atoms with Crippen LogP contribution in [0.2, 0.25) is 0 Å². The maximum Gasteiger partial charge on any atom is 0.356 e. The van der Waals surface area contributed by atoms with Crippen molar-refractivity contribution in [2.24, 2.45) is 5.92 Å². The number of piperidine rings is 1. The fourth-order valence-electron chi connectivity index (χ4n) is 4.65. The highest BCUT2D eigenvalue weighted by atomic mass is 19.1. The normalized spacial score (nSPS) is 14.6. The van der Waals surface area contributed by atoms with E-state index in [0.717, 1.165) is 24.1 Å². The van der Waals surface area contributed by atoms with E-state index in [1.165, 1.54) is 30.0 Å². The molecule has 3 aromatic rings. The average Bonchev–Trinajstić information content (AvgIpc) is 2.94. The Morgan fingerprint density at radius 2 is 1.74 bits per heavy atom. The molecular weight excluding hydrogens is 485 g/mol. The summed E-state index contributed by atoms with van der Waals surface area (Å²) < 4.78 is 18.1. The summed E-state index contributed by atoms with van der Waals surface area (Å²) in [4.78, 5) is 43.4. The maximum atomic E-state index is 13.1. The van der Waals surface area contributed by atoms with Gasteiger partial charge in [0.25, 0.3) is 5.91 Å². The van der Waals surface area contributed by atoms with Crippen molar-refractivity contribution in [3.05, 3.63) is 95.1 Å². The van der Waals surface area contributed by atoms with Crippen LogP contribution < -0.4 is 5.32 Å². The fraction of sp³-hybridized carbons (Fsp3) is 0.333. The Morgan fingerprint density at radius 1 is 1.05 bits per heavy atom. The largest absolute Gasteiger partial charge is 0.461 e. The number of hydrogen-bond donors (Lipinski definition) is 1. The van der Waals surface area contributed by atoms with E-state index in [-0.39, 0.29) is 35.9 Å². The standard InChI is InChI=1S/C30H32FN3O4/c1-3-38-30(37)27-19-24(12-15-32-27)29(36)34-16-13-23(14-17-34)22-6-10-26(11-7-22)33-28(35)20(2)18-21-4-8-25(31)9-5-21/h4-12,15,19-20,23H,3,13-14,16-18H2,1-2H3,(H,33,35). The summed E-state index contributed by atoms with van der Waals surface area (Å²) in [5, 5.41) is 2.96. The zero-order chi connectivity index (χ0) is 27.1. The molecule has 2 amide bonds. The van der Waals surface area contributed by atoms with Crippen molar-refractivity contribution in [1.82, 2.24) is 9.88 Å². The summed E-state index contributed by atoms with van der Waals surface area (Å²) in [6.07, 6.45) is 3.63. The number of nitrogens with one attached hydrogen (secondary N) is 1. The molecule has 1 unspecified atom stereocenters. The molecule has 8 heteroatoms. The van der Waals surface area contributed by atoms with Gasteiger partial charge in [-0.15, -0.1) is 0 Å². The Kier molecular flexibility index (Phi) is 8.84. The number of carbonyl (C=O) groups excluding carboxylic acids is 3. The van der Waals surface area contributed by atoms with Crippen LogP contribution in [-0.4, -0.2) is 47.4 Å². The first-order valence-electron chi connectivity index (χ1n) is 12.9. The predicted octanol–water partition coefficient (Wildman–Crippen LogP) is 5.23. The molecule has 198 valence electrons. The molecule has 1 atom stereocenters. The highest BCUT2D eigenvalue weighted by molar-refractivity contribution is 5.97. The van der Waals surface area contributed by atoms with Gasteiger partial charge in [-0.05, 0) is 79.6 Å². The number of likely N-dealkylation sites (tertiary alicyclic amines) is 1. The molecule has 1 N–H and O–H groups in total. The molecule has 1 fully saturated rings. The molecule has 1 saturated heterocycles. The molecule has 7 nitrogen and oxygen atoms in total. The SMILES string of the molecule is CCOC(=O)c1cc(C(=O)N2CCC(c3ccc(NC(=O)C(C)Cc4ccc(F)cc4)cc3)CC2)ccn1. The number of anilines is 1.